The van der Waals surface area contributed by atoms with Crippen LogP contribution in [0.3, 0.4) is 0 Å². The Morgan fingerprint density at radius 1 is 0.759 bits per heavy atom. The molecular formula is C50H84O4. The highest BCUT2D eigenvalue weighted by molar-refractivity contribution is 5.47. The molecule has 0 heterocycles. The molecule has 4 heteroatoms. The summed E-state index contributed by atoms with van der Waals surface area (Å²) in [7, 11) is 0. The van der Waals surface area contributed by atoms with Crippen molar-refractivity contribution in [2.45, 2.75) is 111 Å². The van der Waals surface area contributed by atoms with Gasteiger partial charge in [0.15, 0.2) is 0 Å². The van der Waals surface area contributed by atoms with Crippen molar-refractivity contribution in [3.05, 3.63) is 21.6 Å². The lowest BCUT2D eigenvalue weighted by molar-refractivity contribution is -0.0319. The fourth-order valence-corrected chi connectivity index (χ4v) is 8.70. The Kier molecular flexibility index (Phi) is 19.8. The number of hydrogen-bond acceptors (Lipinski definition) is 4. The van der Waals surface area contributed by atoms with Crippen molar-refractivity contribution in [3.8, 4) is 143 Å². The molecular weight excluding hydrogens is 665 g/mol. The van der Waals surface area contributed by atoms with E-state index in [1.54, 1.807) is 12.5 Å². The third-order valence-corrected chi connectivity index (χ3v) is 10.8. The fourth-order valence-electron chi connectivity index (χ4n) is 8.70. The number of terminal acetylenes is 1. The quantitative estimate of drug-likeness (QED) is 0.222. The maximum Gasteiger partial charge on any atom is 0.0591 e. The lowest BCUT2D eigenvalue weighted by Crippen LogP contribution is -2.47. The average molecular weight is 749 g/mol. The van der Waals surface area contributed by atoms with E-state index in [4.69, 9.17) is 16.4 Å². The van der Waals surface area contributed by atoms with Crippen LogP contribution in [0.15, 0.2) is 11.6 Å². The van der Waals surface area contributed by atoms with Crippen LogP contribution in [0, 0.1) is 193 Å². The number of fused-ring (bicyclic) bond motifs is 5. The maximum atomic E-state index is 10.2. The van der Waals surface area contributed by atoms with Crippen molar-refractivity contribution >= 4 is 0 Å². The summed E-state index contributed by atoms with van der Waals surface area (Å²) < 4.78 is 0. The predicted molar refractivity (Wildman–Crippen MR) is 258 cm³/mol. The van der Waals surface area contributed by atoms with E-state index in [9.17, 15) is 10.2 Å². The minimum Gasteiger partial charge on any atom is -0.393 e. The molecule has 0 radical (unpaired) electrons. The van der Waals surface area contributed by atoms with Gasteiger partial charge in [0, 0.05) is 72.6 Å². The van der Waals surface area contributed by atoms with Gasteiger partial charge in [-0.1, -0.05) is 31.4 Å². The van der Waals surface area contributed by atoms with Gasteiger partial charge in [0.05, 0.1) is 11.7 Å². The zero-order valence-electron chi connectivity index (χ0n) is 32.0. The highest BCUT2D eigenvalue weighted by Gasteiger charge is 2.56. The van der Waals surface area contributed by atoms with E-state index in [0.717, 1.165) is 61.2 Å². The van der Waals surface area contributed by atoms with Crippen LogP contribution in [0.25, 0.3) is 0 Å². The van der Waals surface area contributed by atoms with Crippen molar-refractivity contribution in [1.82, 2.24) is 0 Å². The molecule has 0 aliphatic heterocycles. The summed E-state index contributed by atoms with van der Waals surface area (Å²) in [5.74, 6) is 61.9. The van der Waals surface area contributed by atoms with E-state index in [1.165, 1.54) is 38.5 Å². The van der Waals surface area contributed by atoms with E-state index < -0.39 is 5.60 Å². The Bertz CT molecular complexity index is 2190. The Morgan fingerprint density at radius 3 is 1.70 bits per heavy atom. The van der Waals surface area contributed by atoms with Gasteiger partial charge in [0.2, 0.25) is 0 Å². The first-order valence-corrected chi connectivity index (χ1v) is 18.2. The first kappa shape index (κ1) is 44.1. The molecule has 4 aliphatic rings. The largest absolute Gasteiger partial charge is 0.393 e. The third-order valence-electron chi connectivity index (χ3n) is 10.8. The lowest BCUT2D eigenvalue weighted by atomic mass is 9.51. The van der Waals surface area contributed by atoms with Crippen molar-refractivity contribution in [2.24, 2.45) is 40.9 Å². The first-order valence-electron chi connectivity index (χ1n) is 18.2. The molecule has 54 heavy (non-hydrogen) atoms. The Hall–Kier alpha value is -6.02. The van der Waals surface area contributed by atoms with Crippen molar-refractivity contribution in [1.29, 1.82) is 0 Å². The summed E-state index contributed by atoms with van der Waals surface area (Å²) in [5, 5.41) is 20.2. The molecule has 0 aromatic carbocycles. The summed E-state index contributed by atoms with van der Waals surface area (Å²) in [6.45, 7) is 10.7. The summed E-state index contributed by atoms with van der Waals surface area (Å²) in [4.78, 5) is 14.0. The molecule has 0 amide bonds. The number of aliphatic hydroxyl groups excluding tert-OH is 1. The number of allylic oxidation sites excluding steroid dienone is 1. The van der Waals surface area contributed by atoms with Gasteiger partial charge in [0.1, 0.15) is 0 Å². The number of rotatable bonds is 4. The molecule has 0 saturated heterocycles. The number of hydrogen-bond donors (Lipinski definition) is 2. The van der Waals surface area contributed by atoms with E-state index in [2.05, 4.69) is 156 Å². The first-order chi connectivity index (χ1) is 26.1. The summed E-state index contributed by atoms with van der Waals surface area (Å²) in [5.41, 5.74) is 1.59. The lowest BCUT2D eigenvalue weighted by Gasteiger charge is -2.54. The van der Waals surface area contributed by atoms with E-state index >= 15 is 0 Å². The molecule has 3 saturated carbocycles. The van der Waals surface area contributed by atoms with Gasteiger partial charge in [0.25, 0.3) is 0 Å². The molecule has 4 aliphatic carbocycles. The van der Waals surface area contributed by atoms with Crippen LogP contribution in [0.2, 0.25) is 0 Å². The Balaban J connectivity index is -0.0000000401. The molecule has 308 valence electrons. The molecule has 0 aromatic heterocycles. The second-order valence-corrected chi connectivity index (χ2v) is 14.6. The Morgan fingerprint density at radius 2 is 1.24 bits per heavy atom. The van der Waals surface area contributed by atoms with Crippen molar-refractivity contribution < 1.29 is 37.3 Å². The minimum atomic E-state index is -0.527. The van der Waals surface area contributed by atoms with Crippen LogP contribution >= 0.6 is 0 Å². The van der Waals surface area contributed by atoms with Gasteiger partial charge in [-0.25, -0.2) is 0 Å². The van der Waals surface area contributed by atoms with Crippen LogP contribution in [0.1, 0.15) is 126 Å². The van der Waals surface area contributed by atoms with Crippen LogP contribution in [-0.4, -0.2) is 21.9 Å². The third kappa shape index (κ3) is 14.9. The van der Waals surface area contributed by atoms with Gasteiger partial charge in [-0.3, -0.25) is 0 Å². The van der Waals surface area contributed by atoms with Crippen LogP contribution in [0.4, 0.5) is 0 Å². The maximum absolute atomic E-state index is 10.2. The SMILES string of the molecule is C#CC#CC#CC#CC#CC#CC#CC#CC#CC#CC#CC#CC.C[C@H](CCC(C)(C)O)[C@H]1CC[C@H]2[C@@H]3CC=C4C[C@@H](O)CC[C@@H]4[C@H]3CC[C@]12C.O=O.[HH].[HH].[HH].[HH].[HH].[HH].[HH].[HH].[HH].[HH].[HH].[HH].[HH].[HH].[HH].[HH].[HH].[HH].[HH]. The Labute approximate surface area is 353 Å². The molecule has 4 nitrogen and oxygen atoms in total. The van der Waals surface area contributed by atoms with Gasteiger partial charge in [-0.15, -0.1) is 6.42 Å². The topological polar surface area (TPSA) is 74.6 Å². The standard InChI is InChI=1S/C25H42O2.C25H4.O2.19H2/c1-16(11-13-24(2,3)27)22-9-10-23-21-7-5-17-15-18(26)6-8-19(17)20(21)12-14-25(22,23)4;1-3-5-7-9-11-13-15-17-19-21-23-25-24-22-20-18-16-14-12-10-8-6-4-2;1-2;;;;;;;;;;;;;;;;;;;/h5,16,18-23,26-27H,6-15H2,1-4H3;1H,2H3;;19*1H/t16-,18+,19+,20-,21-,22-,23+,25-;;;;;;;;;;;;;;;;;;;;;/m1...................../s1. The fraction of sp³-hybridized carbons (Fsp3) is 0.480. The summed E-state index contributed by atoms with van der Waals surface area (Å²) >= 11 is 0. The summed E-state index contributed by atoms with van der Waals surface area (Å²) in [6.07, 6.45) is 19.6. The molecule has 2 N–H and O–H groups in total. The van der Waals surface area contributed by atoms with E-state index in [1.807, 2.05) is 13.8 Å². The van der Waals surface area contributed by atoms with Crippen LogP contribution < -0.4 is 0 Å². The summed E-state index contributed by atoms with van der Waals surface area (Å²) in [6, 6.07) is 0. The normalized spacial score (nSPS) is 24.6. The minimum absolute atomic E-state index is 0. The molecule has 0 aromatic rings. The second-order valence-electron chi connectivity index (χ2n) is 14.6. The molecule has 0 unspecified atom stereocenters. The molecule has 0 spiro atoms. The smallest absolute Gasteiger partial charge is 0.0591 e. The second kappa shape index (κ2) is 24.3. The zero-order chi connectivity index (χ0) is 39.7. The van der Waals surface area contributed by atoms with Gasteiger partial charge in [-0.2, -0.15) is 0 Å². The molecule has 8 atom stereocenters. The molecule has 4 rings (SSSR count). The highest BCUT2D eigenvalue weighted by Crippen LogP contribution is 2.64. The van der Waals surface area contributed by atoms with Crippen LogP contribution in [-0.2, 0) is 0 Å². The van der Waals surface area contributed by atoms with Gasteiger partial charge >= 0.3 is 0 Å². The van der Waals surface area contributed by atoms with Gasteiger partial charge in [-0.05, 0) is 221 Å². The van der Waals surface area contributed by atoms with Gasteiger partial charge < -0.3 is 10.2 Å². The van der Waals surface area contributed by atoms with Crippen molar-refractivity contribution in [2.75, 3.05) is 0 Å². The van der Waals surface area contributed by atoms with Crippen LogP contribution in [0.5, 0.6) is 0 Å². The molecule has 3 fully saturated rings. The predicted octanol–water partition coefficient (Wildman–Crippen LogP) is 11.1. The molecule has 0 bridgehead atoms. The van der Waals surface area contributed by atoms with E-state index in [0.29, 0.717) is 5.41 Å². The van der Waals surface area contributed by atoms with Crippen molar-refractivity contribution in [3.63, 3.8) is 0 Å². The monoisotopic (exact) mass is 749 g/mol. The number of aliphatic hydroxyl groups is 2. The zero-order valence-corrected chi connectivity index (χ0v) is 32.0. The average Bonchev–Trinajstić information content (AvgIpc) is 3.52. The van der Waals surface area contributed by atoms with E-state index in [-0.39, 0.29) is 33.2 Å². The highest BCUT2D eigenvalue weighted by atomic mass is 16.7.